The van der Waals surface area contributed by atoms with E-state index < -0.39 is 0 Å². The minimum Gasteiger partial charge on any atom is -0.497 e. The van der Waals surface area contributed by atoms with Crippen molar-refractivity contribution in [1.29, 1.82) is 0 Å². The molecule has 0 N–H and O–H groups in total. The smallest absolute Gasteiger partial charge is 0.193 e. The molecule has 0 radical (unpaired) electrons. The second-order valence-corrected chi connectivity index (χ2v) is 5.02. The summed E-state index contributed by atoms with van der Waals surface area (Å²) in [6, 6.07) is 12.4. The van der Waals surface area contributed by atoms with Crippen LogP contribution in [-0.4, -0.2) is 14.2 Å². The van der Waals surface area contributed by atoms with Crippen LogP contribution in [0, 0.1) is 6.92 Å². The van der Waals surface area contributed by atoms with Gasteiger partial charge in [0.15, 0.2) is 5.43 Å². The van der Waals surface area contributed by atoms with Gasteiger partial charge in [0.1, 0.15) is 22.8 Å². The lowest BCUT2D eigenvalue weighted by Crippen LogP contribution is -2.01. The van der Waals surface area contributed by atoms with Crippen LogP contribution in [0.15, 0.2) is 51.7 Å². The Balaban J connectivity index is 2.23. The van der Waals surface area contributed by atoms with Gasteiger partial charge in [-0.1, -0.05) is 12.1 Å². The zero-order chi connectivity index (χ0) is 15.7. The highest BCUT2D eigenvalue weighted by molar-refractivity contribution is 5.81. The average molecular weight is 296 g/mol. The van der Waals surface area contributed by atoms with Crippen LogP contribution < -0.4 is 14.9 Å². The second-order valence-electron chi connectivity index (χ2n) is 5.02. The molecule has 0 unspecified atom stereocenters. The Kier molecular flexibility index (Phi) is 3.59. The topological polar surface area (TPSA) is 48.7 Å². The van der Waals surface area contributed by atoms with Crippen molar-refractivity contribution in [3.05, 3.63) is 58.3 Å². The van der Waals surface area contributed by atoms with Crippen LogP contribution >= 0.6 is 0 Å². The Hall–Kier alpha value is -2.75. The van der Waals surface area contributed by atoms with Gasteiger partial charge in [0, 0.05) is 17.7 Å². The van der Waals surface area contributed by atoms with E-state index in [1.807, 2.05) is 31.2 Å². The van der Waals surface area contributed by atoms with E-state index in [0.717, 1.165) is 11.1 Å². The Morgan fingerprint density at radius 3 is 2.55 bits per heavy atom. The summed E-state index contributed by atoms with van der Waals surface area (Å²) in [5.41, 5.74) is 2.12. The van der Waals surface area contributed by atoms with Crippen molar-refractivity contribution < 1.29 is 13.9 Å². The molecule has 3 aromatic rings. The summed E-state index contributed by atoms with van der Waals surface area (Å²) < 4.78 is 16.4. The molecule has 0 fully saturated rings. The molecule has 0 atom stereocenters. The van der Waals surface area contributed by atoms with Crippen LogP contribution in [0.1, 0.15) is 5.56 Å². The molecule has 0 bridgehead atoms. The lowest BCUT2D eigenvalue weighted by atomic mass is 10.1. The molecule has 0 aliphatic carbocycles. The van der Waals surface area contributed by atoms with Gasteiger partial charge in [0.25, 0.3) is 0 Å². The predicted molar refractivity (Wildman–Crippen MR) is 85.8 cm³/mol. The number of benzene rings is 2. The van der Waals surface area contributed by atoms with E-state index in [2.05, 4.69) is 0 Å². The van der Waals surface area contributed by atoms with Crippen molar-refractivity contribution in [3.8, 4) is 22.8 Å². The molecular formula is C18H16O4. The van der Waals surface area contributed by atoms with Crippen LogP contribution in [0.5, 0.6) is 11.5 Å². The van der Waals surface area contributed by atoms with Gasteiger partial charge in [-0.3, -0.25) is 4.79 Å². The van der Waals surface area contributed by atoms with Crippen molar-refractivity contribution in [2.45, 2.75) is 6.92 Å². The maximum absolute atomic E-state index is 12.3. The van der Waals surface area contributed by atoms with Gasteiger partial charge >= 0.3 is 0 Å². The number of rotatable bonds is 3. The summed E-state index contributed by atoms with van der Waals surface area (Å²) in [4.78, 5) is 12.3. The van der Waals surface area contributed by atoms with E-state index in [1.165, 1.54) is 6.07 Å². The number of ether oxygens (including phenoxy) is 2. The molecule has 1 aromatic heterocycles. The zero-order valence-corrected chi connectivity index (χ0v) is 12.7. The number of aryl methyl sites for hydroxylation is 1. The van der Waals surface area contributed by atoms with Crippen molar-refractivity contribution >= 4 is 11.0 Å². The van der Waals surface area contributed by atoms with E-state index >= 15 is 0 Å². The lowest BCUT2D eigenvalue weighted by Gasteiger charge is -2.08. The van der Waals surface area contributed by atoms with Crippen LogP contribution in [0.25, 0.3) is 22.3 Å². The van der Waals surface area contributed by atoms with Gasteiger partial charge in [-0.25, -0.2) is 0 Å². The molecule has 4 heteroatoms. The molecule has 1 heterocycles. The first-order chi connectivity index (χ1) is 10.6. The standard InChI is InChI=1S/C18H16O4/c1-11-7-14-15(19)9-17(22-18(14)10-16(11)21-3)12-5-4-6-13(8-12)20-2/h4-10H,1-3H3. The number of hydrogen-bond acceptors (Lipinski definition) is 4. The molecule has 0 saturated heterocycles. The summed E-state index contributed by atoms with van der Waals surface area (Å²) in [6.45, 7) is 1.90. The monoisotopic (exact) mass is 296 g/mol. The fourth-order valence-electron chi connectivity index (χ4n) is 2.43. The van der Waals surface area contributed by atoms with Crippen molar-refractivity contribution in [1.82, 2.24) is 0 Å². The first-order valence-electron chi connectivity index (χ1n) is 6.89. The number of hydrogen-bond donors (Lipinski definition) is 0. The molecule has 0 amide bonds. The van der Waals surface area contributed by atoms with E-state index in [9.17, 15) is 4.79 Å². The molecule has 3 rings (SSSR count). The largest absolute Gasteiger partial charge is 0.497 e. The minimum atomic E-state index is -0.0789. The third-order valence-electron chi connectivity index (χ3n) is 3.60. The van der Waals surface area contributed by atoms with E-state index in [4.69, 9.17) is 13.9 Å². The number of methoxy groups -OCH3 is 2. The highest BCUT2D eigenvalue weighted by atomic mass is 16.5. The van der Waals surface area contributed by atoms with Crippen molar-refractivity contribution in [3.63, 3.8) is 0 Å². The van der Waals surface area contributed by atoms with E-state index in [0.29, 0.717) is 28.2 Å². The molecule has 2 aromatic carbocycles. The average Bonchev–Trinajstić information content (AvgIpc) is 2.55. The van der Waals surface area contributed by atoms with Crippen LogP contribution in [0.2, 0.25) is 0 Å². The summed E-state index contributed by atoms with van der Waals surface area (Å²) in [6.07, 6.45) is 0. The first-order valence-corrected chi connectivity index (χ1v) is 6.89. The molecule has 0 spiro atoms. The highest BCUT2D eigenvalue weighted by Crippen LogP contribution is 2.28. The van der Waals surface area contributed by atoms with Gasteiger partial charge in [0.05, 0.1) is 19.6 Å². The van der Waals surface area contributed by atoms with Crippen molar-refractivity contribution in [2.24, 2.45) is 0 Å². The van der Waals surface area contributed by atoms with Gasteiger partial charge < -0.3 is 13.9 Å². The molecule has 0 aliphatic heterocycles. The molecule has 0 saturated carbocycles. The summed E-state index contributed by atoms with van der Waals surface area (Å²) in [5, 5.41) is 0.546. The summed E-state index contributed by atoms with van der Waals surface area (Å²) >= 11 is 0. The van der Waals surface area contributed by atoms with Crippen LogP contribution in [0.4, 0.5) is 0 Å². The maximum Gasteiger partial charge on any atom is 0.193 e. The zero-order valence-electron chi connectivity index (χ0n) is 12.7. The van der Waals surface area contributed by atoms with Crippen LogP contribution in [0.3, 0.4) is 0 Å². The molecule has 4 nitrogen and oxygen atoms in total. The second kappa shape index (κ2) is 5.56. The van der Waals surface area contributed by atoms with E-state index in [-0.39, 0.29) is 5.43 Å². The summed E-state index contributed by atoms with van der Waals surface area (Å²) in [5.74, 6) is 1.91. The third-order valence-corrected chi connectivity index (χ3v) is 3.60. The Bertz CT molecular complexity index is 893. The van der Waals surface area contributed by atoms with Crippen molar-refractivity contribution in [2.75, 3.05) is 14.2 Å². The van der Waals surface area contributed by atoms with Gasteiger partial charge in [-0.2, -0.15) is 0 Å². The van der Waals surface area contributed by atoms with Gasteiger partial charge in [0.2, 0.25) is 0 Å². The van der Waals surface area contributed by atoms with Gasteiger partial charge in [-0.15, -0.1) is 0 Å². The Morgan fingerprint density at radius 1 is 1.00 bits per heavy atom. The minimum absolute atomic E-state index is 0.0789. The first kappa shape index (κ1) is 14.2. The van der Waals surface area contributed by atoms with Gasteiger partial charge in [-0.05, 0) is 30.7 Å². The molecule has 22 heavy (non-hydrogen) atoms. The fraction of sp³-hybridized carbons (Fsp3) is 0.167. The molecular weight excluding hydrogens is 280 g/mol. The maximum atomic E-state index is 12.3. The molecule has 0 aliphatic rings. The summed E-state index contributed by atoms with van der Waals surface area (Å²) in [7, 11) is 3.20. The highest BCUT2D eigenvalue weighted by Gasteiger charge is 2.10. The fourth-order valence-corrected chi connectivity index (χ4v) is 2.43. The predicted octanol–water partition coefficient (Wildman–Crippen LogP) is 3.79. The third kappa shape index (κ3) is 2.44. The quantitative estimate of drug-likeness (QED) is 0.738. The Labute approximate surface area is 127 Å². The molecule has 112 valence electrons. The Morgan fingerprint density at radius 2 is 1.82 bits per heavy atom. The number of fused-ring (bicyclic) bond motifs is 1. The van der Waals surface area contributed by atoms with E-state index in [1.54, 1.807) is 26.4 Å². The lowest BCUT2D eigenvalue weighted by molar-refractivity contribution is 0.411. The SMILES string of the molecule is COc1cccc(-c2cc(=O)c3cc(C)c(OC)cc3o2)c1. The normalized spacial score (nSPS) is 10.7. The van der Waals surface area contributed by atoms with Crippen LogP contribution in [-0.2, 0) is 0 Å².